The molecule has 0 saturated carbocycles. The number of amides is 1. The van der Waals surface area contributed by atoms with E-state index in [-0.39, 0.29) is 24.9 Å². The summed E-state index contributed by atoms with van der Waals surface area (Å²) in [5.41, 5.74) is 1.69. The Labute approximate surface area is 153 Å². The Morgan fingerprint density at radius 2 is 2.00 bits per heavy atom. The second-order valence-corrected chi connectivity index (χ2v) is 6.73. The van der Waals surface area contributed by atoms with Gasteiger partial charge in [-0.1, -0.05) is 25.1 Å². The summed E-state index contributed by atoms with van der Waals surface area (Å²) in [5, 5.41) is 10.1. The molecule has 1 aromatic heterocycles. The maximum absolute atomic E-state index is 13.4. The molecular weight excluding hydrogens is 332 g/mol. The zero-order valence-electron chi connectivity index (χ0n) is 15.2. The number of carboxylic acid groups (broad SMARTS) is 1. The van der Waals surface area contributed by atoms with Gasteiger partial charge in [0.25, 0.3) is 5.91 Å². The molecule has 0 aliphatic carbocycles. The van der Waals surface area contributed by atoms with Crippen LogP contribution in [-0.2, 0) is 16.1 Å². The monoisotopic (exact) mass is 358 g/mol. The molecule has 140 valence electrons. The van der Waals surface area contributed by atoms with Gasteiger partial charge >= 0.3 is 5.97 Å². The first-order valence-electron chi connectivity index (χ1n) is 9.30. The van der Waals surface area contributed by atoms with Gasteiger partial charge in [0.2, 0.25) is 0 Å². The SMILES string of the molecule is CCCn1c(C(=O)N(CCC(=O)O)C2CCOCC2)cc2ccccc21. The van der Waals surface area contributed by atoms with Crippen molar-refractivity contribution in [3.05, 3.63) is 36.0 Å². The Hall–Kier alpha value is -2.34. The molecule has 1 amide bonds. The number of aromatic nitrogens is 1. The normalized spacial score (nSPS) is 15.3. The minimum Gasteiger partial charge on any atom is -0.481 e. The standard InChI is InChI=1S/C20H26N2O4/c1-2-10-22-17-6-4-3-5-15(17)14-18(22)20(25)21(11-7-19(23)24)16-8-12-26-13-9-16/h3-6,14,16H,2,7-13H2,1H3,(H,23,24). The molecule has 0 radical (unpaired) electrons. The molecule has 0 atom stereocenters. The minimum absolute atomic E-state index is 0.0312. The first kappa shape index (κ1) is 18.5. The lowest BCUT2D eigenvalue weighted by molar-refractivity contribution is -0.137. The molecule has 0 spiro atoms. The zero-order chi connectivity index (χ0) is 18.5. The summed E-state index contributed by atoms with van der Waals surface area (Å²) in [7, 11) is 0. The van der Waals surface area contributed by atoms with Crippen molar-refractivity contribution in [2.45, 2.75) is 45.2 Å². The first-order chi connectivity index (χ1) is 12.6. The highest BCUT2D eigenvalue weighted by atomic mass is 16.5. The predicted octanol–water partition coefficient (Wildman–Crippen LogP) is 3.15. The van der Waals surface area contributed by atoms with Crippen LogP contribution in [0.1, 0.15) is 43.1 Å². The third-order valence-electron chi connectivity index (χ3n) is 4.94. The molecule has 1 aliphatic heterocycles. The molecular formula is C20H26N2O4. The van der Waals surface area contributed by atoms with Crippen molar-refractivity contribution in [3.63, 3.8) is 0 Å². The van der Waals surface area contributed by atoms with E-state index >= 15 is 0 Å². The number of carbonyl (C=O) groups is 2. The van der Waals surface area contributed by atoms with Crippen LogP contribution >= 0.6 is 0 Å². The molecule has 1 N–H and O–H groups in total. The van der Waals surface area contributed by atoms with Gasteiger partial charge < -0.3 is 19.3 Å². The summed E-state index contributed by atoms with van der Waals surface area (Å²) >= 11 is 0. The first-order valence-corrected chi connectivity index (χ1v) is 9.30. The van der Waals surface area contributed by atoms with Crippen LogP contribution in [0.3, 0.4) is 0 Å². The lowest BCUT2D eigenvalue weighted by Gasteiger charge is -2.34. The van der Waals surface area contributed by atoms with Crippen LogP contribution in [0, 0.1) is 0 Å². The highest BCUT2D eigenvalue weighted by Crippen LogP contribution is 2.24. The van der Waals surface area contributed by atoms with Crippen LogP contribution in [-0.4, -0.2) is 52.3 Å². The maximum atomic E-state index is 13.4. The molecule has 0 bridgehead atoms. The topological polar surface area (TPSA) is 71.8 Å². The van der Waals surface area contributed by atoms with Crippen LogP contribution in [0.2, 0.25) is 0 Å². The van der Waals surface area contributed by atoms with Gasteiger partial charge in [0, 0.05) is 43.2 Å². The van der Waals surface area contributed by atoms with E-state index in [4.69, 9.17) is 9.84 Å². The van der Waals surface area contributed by atoms with Crippen molar-refractivity contribution in [1.82, 2.24) is 9.47 Å². The van der Waals surface area contributed by atoms with Gasteiger partial charge in [0.15, 0.2) is 0 Å². The summed E-state index contributed by atoms with van der Waals surface area (Å²) < 4.78 is 7.47. The number of carboxylic acids is 1. The predicted molar refractivity (Wildman–Crippen MR) is 99.4 cm³/mol. The van der Waals surface area contributed by atoms with Gasteiger partial charge in [-0.3, -0.25) is 9.59 Å². The third kappa shape index (κ3) is 3.90. The molecule has 1 fully saturated rings. The van der Waals surface area contributed by atoms with E-state index < -0.39 is 5.97 Å². The van der Waals surface area contributed by atoms with Crippen molar-refractivity contribution < 1.29 is 19.4 Å². The van der Waals surface area contributed by atoms with Gasteiger partial charge in [-0.15, -0.1) is 0 Å². The average Bonchev–Trinajstić information content (AvgIpc) is 3.01. The van der Waals surface area contributed by atoms with Crippen LogP contribution < -0.4 is 0 Å². The van der Waals surface area contributed by atoms with Gasteiger partial charge in [-0.2, -0.15) is 0 Å². The van der Waals surface area contributed by atoms with Crippen molar-refractivity contribution >= 4 is 22.8 Å². The Kier molecular flexibility index (Phi) is 5.93. The number of hydrogen-bond acceptors (Lipinski definition) is 3. The average molecular weight is 358 g/mol. The van der Waals surface area contributed by atoms with E-state index in [9.17, 15) is 9.59 Å². The molecule has 1 aromatic carbocycles. The molecule has 6 nitrogen and oxygen atoms in total. The van der Waals surface area contributed by atoms with E-state index in [0.29, 0.717) is 18.9 Å². The molecule has 26 heavy (non-hydrogen) atoms. The van der Waals surface area contributed by atoms with Crippen molar-refractivity contribution in [2.24, 2.45) is 0 Å². The summed E-state index contributed by atoms with van der Waals surface area (Å²) in [6.45, 7) is 4.30. The fraction of sp³-hybridized carbons (Fsp3) is 0.500. The van der Waals surface area contributed by atoms with Gasteiger partial charge in [0.05, 0.1) is 6.42 Å². The lowest BCUT2D eigenvalue weighted by atomic mass is 10.1. The van der Waals surface area contributed by atoms with Crippen LogP contribution in [0.4, 0.5) is 0 Å². The number of carbonyl (C=O) groups excluding carboxylic acids is 1. The molecule has 1 saturated heterocycles. The largest absolute Gasteiger partial charge is 0.481 e. The fourth-order valence-corrected chi connectivity index (χ4v) is 3.66. The summed E-state index contributed by atoms with van der Waals surface area (Å²) in [6, 6.07) is 9.94. The van der Waals surface area contributed by atoms with E-state index in [1.54, 1.807) is 4.90 Å². The van der Waals surface area contributed by atoms with Crippen molar-refractivity contribution in [2.75, 3.05) is 19.8 Å². The molecule has 0 unspecified atom stereocenters. The summed E-state index contributed by atoms with van der Waals surface area (Å²) in [5.74, 6) is -0.966. The number of benzene rings is 1. The third-order valence-corrected chi connectivity index (χ3v) is 4.94. The number of aliphatic carboxylic acids is 1. The maximum Gasteiger partial charge on any atom is 0.305 e. The number of aryl methyl sites for hydroxylation is 1. The Balaban J connectivity index is 1.95. The van der Waals surface area contributed by atoms with Crippen LogP contribution in [0.25, 0.3) is 10.9 Å². The molecule has 6 heteroatoms. The smallest absolute Gasteiger partial charge is 0.305 e. The highest BCUT2D eigenvalue weighted by molar-refractivity contribution is 5.99. The number of ether oxygens (including phenoxy) is 1. The zero-order valence-corrected chi connectivity index (χ0v) is 15.2. The summed E-state index contributed by atoms with van der Waals surface area (Å²) in [6.07, 6.45) is 2.38. The molecule has 2 heterocycles. The Bertz CT molecular complexity index is 777. The fourth-order valence-electron chi connectivity index (χ4n) is 3.66. The quantitative estimate of drug-likeness (QED) is 0.825. The lowest BCUT2D eigenvalue weighted by Crippen LogP contribution is -2.45. The Morgan fingerprint density at radius 1 is 1.27 bits per heavy atom. The van der Waals surface area contributed by atoms with Crippen molar-refractivity contribution in [1.29, 1.82) is 0 Å². The van der Waals surface area contributed by atoms with E-state index in [0.717, 1.165) is 36.7 Å². The summed E-state index contributed by atoms with van der Waals surface area (Å²) in [4.78, 5) is 26.2. The van der Waals surface area contributed by atoms with Crippen LogP contribution in [0.5, 0.6) is 0 Å². The Morgan fingerprint density at radius 3 is 2.69 bits per heavy atom. The van der Waals surface area contributed by atoms with Crippen molar-refractivity contribution in [3.8, 4) is 0 Å². The second kappa shape index (κ2) is 8.36. The van der Waals surface area contributed by atoms with E-state index in [1.165, 1.54) is 0 Å². The number of fused-ring (bicyclic) bond motifs is 1. The number of rotatable bonds is 7. The second-order valence-electron chi connectivity index (χ2n) is 6.73. The number of nitrogens with zero attached hydrogens (tertiary/aromatic N) is 2. The van der Waals surface area contributed by atoms with Gasteiger partial charge in [-0.05, 0) is 31.4 Å². The minimum atomic E-state index is -0.885. The van der Waals surface area contributed by atoms with E-state index in [1.807, 2.05) is 30.3 Å². The number of hydrogen-bond donors (Lipinski definition) is 1. The molecule has 3 rings (SSSR count). The highest BCUT2D eigenvalue weighted by Gasteiger charge is 2.29. The number of para-hydroxylation sites is 1. The van der Waals surface area contributed by atoms with Gasteiger partial charge in [-0.25, -0.2) is 0 Å². The molecule has 1 aliphatic rings. The van der Waals surface area contributed by atoms with E-state index in [2.05, 4.69) is 11.5 Å². The molecule has 2 aromatic rings. The van der Waals surface area contributed by atoms with Crippen LogP contribution in [0.15, 0.2) is 30.3 Å². The van der Waals surface area contributed by atoms with Gasteiger partial charge in [0.1, 0.15) is 5.69 Å².